The number of aromatic nitrogens is 1. The summed E-state index contributed by atoms with van der Waals surface area (Å²) < 4.78 is 5.23. The maximum atomic E-state index is 12.4. The van der Waals surface area contributed by atoms with Crippen LogP contribution in [-0.2, 0) is 10.2 Å². The van der Waals surface area contributed by atoms with Crippen molar-refractivity contribution in [2.75, 3.05) is 35.2 Å². The van der Waals surface area contributed by atoms with E-state index in [0.717, 1.165) is 36.6 Å². The molecule has 1 amide bonds. The van der Waals surface area contributed by atoms with Crippen LogP contribution in [0.15, 0.2) is 34.9 Å². The van der Waals surface area contributed by atoms with Crippen LogP contribution in [0, 0.1) is 0 Å². The lowest BCUT2D eigenvalue weighted by molar-refractivity contribution is -0.115. The van der Waals surface area contributed by atoms with E-state index < -0.39 is 0 Å². The lowest BCUT2D eigenvalue weighted by Crippen LogP contribution is -2.33. The van der Waals surface area contributed by atoms with Gasteiger partial charge in [-0.05, 0) is 18.6 Å². The first-order valence-electron chi connectivity index (χ1n) is 8.28. The van der Waals surface area contributed by atoms with E-state index in [-0.39, 0.29) is 17.9 Å². The smallest absolute Gasteiger partial charge is 0.246 e. The van der Waals surface area contributed by atoms with Crippen LogP contribution in [-0.4, -0.2) is 30.7 Å². The maximum Gasteiger partial charge on any atom is 0.246 e. The summed E-state index contributed by atoms with van der Waals surface area (Å²) in [5, 5.41) is 10.2. The van der Waals surface area contributed by atoms with Crippen molar-refractivity contribution in [1.29, 1.82) is 0 Å². The van der Waals surface area contributed by atoms with Crippen LogP contribution in [0.1, 0.15) is 32.9 Å². The third kappa shape index (κ3) is 3.69. The molecule has 1 aliphatic heterocycles. The second-order valence-electron chi connectivity index (χ2n) is 7.09. The molecule has 2 heterocycles. The zero-order chi connectivity index (χ0) is 17.2. The van der Waals surface area contributed by atoms with Crippen molar-refractivity contribution in [2.45, 2.75) is 32.6 Å². The van der Waals surface area contributed by atoms with Gasteiger partial charge in [-0.1, -0.05) is 38.1 Å². The monoisotopic (exact) mass is 328 g/mol. The number of hydrogen-bond donors (Lipinski definition) is 2. The van der Waals surface area contributed by atoms with Gasteiger partial charge in [0.25, 0.3) is 0 Å². The molecule has 0 saturated heterocycles. The van der Waals surface area contributed by atoms with Gasteiger partial charge in [-0.3, -0.25) is 10.1 Å². The summed E-state index contributed by atoms with van der Waals surface area (Å²) in [4.78, 5) is 14.5. The first kappa shape index (κ1) is 16.4. The lowest BCUT2D eigenvalue weighted by Gasteiger charge is -2.23. The number of fused-ring (bicyclic) bond motifs is 1. The van der Waals surface area contributed by atoms with E-state index >= 15 is 0 Å². The summed E-state index contributed by atoms with van der Waals surface area (Å²) in [5.74, 6) is 0.287. The van der Waals surface area contributed by atoms with E-state index in [1.54, 1.807) is 6.07 Å². The van der Waals surface area contributed by atoms with Gasteiger partial charge in [0.1, 0.15) is 0 Å². The van der Waals surface area contributed by atoms with Crippen molar-refractivity contribution < 1.29 is 9.32 Å². The Hall–Kier alpha value is -2.50. The first-order valence-corrected chi connectivity index (χ1v) is 8.28. The molecule has 3 rings (SSSR count). The van der Waals surface area contributed by atoms with Gasteiger partial charge >= 0.3 is 0 Å². The van der Waals surface area contributed by atoms with E-state index in [9.17, 15) is 4.79 Å². The molecule has 0 saturated carbocycles. The van der Waals surface area contributed by atoms with Crippen LogP contribution >= 0.6 is 0 Å². The number of nitrogens with zero attached hydrogens (tertiary/aromatic N) is 2. The Labute approximate surface area is 142 Å². The molecule has 0 aliphatic carbocycles. The Morgan fingerprint density at radius 1 is 1.38 bits per heavy atom. The van der Waals surface area contributed by atoms with Crippen molar-refractivity contribution >= 4 is 23.2 Å². The summed E-state index contributed by atoms with van der Waals surface area (Å²) in [6.45, 7) is 8.18. The predicted octanol–water partition coefficient (Wildman–Crippen LogP) is 3.23. The molecule has 1 aromatic heterocycles. The van der Waals surface area contributed by atoms with Crippen molar-refractivity contribution in [2.24, 2.45) is 0 Å². The Kier molecular flexibility index (Phi) is 4.46. The number of carbonyl (C=O) groups excluding carboxylic acids is 1. The lowest BCUT2D eigenvalue weighted by atomic mass is 9.92. The molecule has 0 spiro atoms. The molecule has 1 aromatic carbocycles. The number of amides is 1. The standard InChI is InChI=1S/C18H24N4O2/c1-18(2,3)15-11-17(24-21-15)20-16(23)12-22-10-6-9-19-13-7-4-5-8-14(13)22/h4-5,7-8,11,19H,6,9-10,12H2,1-3H3,(H,20,23). The molecule has 0 fully saturated rings. The van der Waals surface area contributed by atoms with E-state index in [1.165, 1.54) is 0 Å². The number of anilines is 3. The van der Waals surface area contributed by atoms with E-state index in [2.05, 4.69) is 41.5 Å². The van der Waals surface area contributed by atoms with Crippen LogP contribution < -0.4 is 15.5 Å². The molecular formula is C18H24N4O2. The van der Waals surface area contributed by atoms with Gasteiger partial charge in [0.05, 0.1) is 23.6 Å². The Morgan fingerprint density at radius 2 is 2.17 bits per heavy atom. The minimum Gasteiger partial charge on any atom is -0.383 e. The highest BCUT2D eigenvalue weighted by atomic mass is 16.5. The topological polar surface area (TPSA) is 70.4 Å². The van der Waals surface area contributed by atoms with Gasteiger partial charge in [-0.15, -0.1) is 0 Å². The Balaban J connectivity index is 1.68. The maximum absolute atomic E-state index is 12.4. The number of para-hydroxylation sites is 2. The van der Waals surface area contributed by atoms with Gasteiger partial charge in [-0.2, -0.15) is 0 Å². The normalized spacial score (nSPS) is 14.5. The molecule has 24 heavy (non-hydrogen) atoms. The third-order valence-corrected chi connectivity index (χ3v) is 4.04. The van der Waals surface area contributed by atoms with Crippen LogP contribution in [0.2, 0.25) is 0 Å². The summed E-state index contributed by atoms with van der Waals surface area (Å²) in [7, 11) is 0. The van der Waals surface area contributed by atoms with Crippen molar-refractivity contribution in [3.63, 3.8) is 0 Å². The van der Waals surface area contributed by atoms with Crippen molar-refractivity contribution in [1.82, 2.24) is 5.16 Å². The second kappa shape index (κ2) is 6.55. The number of rotatable bonds is 3. The van der Waals surface area contributed by atoms with E-state index in [4.69, 9.17) is 4.52 Å². The molecule has 6 nitrogen and oxygen atoms in total. The fourth-order valence-corrected chi connectivity index (χ4v) is 2.71. The highest BCUT2D eigenvalue weighted by Gasteiger charge is 2.21. The van der Waals surface area contributed by atoms with E-state index in [1.807, 2.05) is 24.3 Å². The number of hydrogen-bond acceptors (Lipinski definition) is 5. The molecule has 2 aromatic rings. The Morgan fingerprint density at radius 3 is 2.92 bits per heavy atom. The molecule has 1 aliphatic rings. The quantitative estimate of drug-likeness (QED) is 0.905. The van der Waals surface area contributed by atoms with Crippen molar-refractivity contribution in [3.8, 4) is 0 Å². The second-order valence-corrected chi connectivity index (χ2v) is 7.09. The van der Waals surface area contributed by atoms with Gasteiger partial charge in [-0.25, -0.2) is 0 Å². The highest BCUT2D eigenvalue weighted by Crippen LogP contribution is 2.28. The number of nitrogens with one attached hydrogen (secondary N) is 2. The minimum atomic E-state index is -0.109. The molecule has 2 N–H and O–H groups in total. The SMILES string of the molecule is CC(C)(C)c1cc(NC(=O)CN2CCCNc3ccccc32)on1. The van der Waals surface area contributed by atoms with E-state index in [0.29, 0.717) is 5.88 Å². The van der Waals surface area contributed by atoms with Gasteiger partial charge in [0.15, 0.2) is 0 Å². The average Bonchev–Trinajstić information content (AvgIpc) is 2.90. The fraction of sp³-hybridized carbons (Fsp3) is 0.444. The number of benzene rings is 1. The summed E-state index contributed by atoms with van der Waals surface area (Å²) >= 11 is 0. The van der Waals surface area contributed by atoms with Gasteiger partial charge in [0.2, 0.25) is 11.8 Å². The van der Waals surface area contributed by atoms with Crippen LogP contribution in [0.4, 0.5) is 17.3 Å². The number of carbonyl (C=O) groups is 1. The zero-order valence-corrected chi connectivity index (χ0v) is 14.4. The molecule has 0 atom stereocenters. The predicted molar refractivity (Wildman–Crippen MR) is 95.6 cm³/mol. The molecule has 0 radical (unpaired) electrons. The zero-order valence-electron chi connectivity index (χ0n) is 14.4. The third-order valence-electron chi connectivity index (χ3n) is 4.04. The molecule has 0 unspecified atom stereocenters. The van der Waals surface area contributed by atoms with Gasteiger partial charge < -0.3 is 14.7 Å². The van der Waals surface area contributed by atoms with Gasteiger partial charge in [0, 0.05) is 24.6 Å². The average molecular weight is 328 g/mol. The van der Waals surface area contributed by atoms with Crippen molar-refractivity contribution in [3.05, 3.63) is 36.0 Å². The van der Waals surface area contributed by atoms with Crippen LogP contribution in [0.3, 0.4) is 0 Å². The molecular weight excluding hydrogens is 304 g/mol. The largest absolute Gasteiger partial charge is 0.383 e. The summed E-state index contributed by atoms with van der Waals surface area (Å²) in [6, 6.07) is 9.85. The minimum absolute atomic E-state index is 0.108. The van der Waals surface area contributed by atoms with Crippen LogP contribution in [0.5, 0.6) is 0 Å². The van der Waals surface area contributed by atoms with Crippen LogP contribution in [0.25, 0.3) is 0 Å². The molecule has 128 valence electrons. The summed E-state index contributed by atoms with van der Waals surface area (Å²) in [5.41, 5.74) is 2.83. The summed E-state index contributed by atoms with van der Waals surface area (Å²) in [6.07, 6.45) is 0.985. The first-order chi connectivity index (χ1) is 11.4. The molecule has 0 bridgehead atoms. The fourth-order valence-electron chi connectivity index (χ4n) is 2.71. The molecule has 6 heteroatoms. The Bertz CT molecular complexity index is 718. The highest BCUT2D eigenvalue weighted by molar-refractivity contribution is 5.93.